The fourth-order valence-corrected chi connectivity index (χ4v) is 4.45. The Labute approximate surface area is 194 Å². The number of carbonyl (C=O) groups excluding carboxylic acids is 1. The van der Waals surface area contributed by atoms with Gasteiger partial charge in [0.1, 0.15) is 17.3 Å². The summed E-state index contributed by atoms with van der Waals surface area (Å²) < 4.78 is 24.8. The molecule has 0 bridgehead atoms. The van der Waals surface area contributed by atoms with Gasteiger partial charge in [0.25, 0.3) is 5.91 Å². The van der Waals surface area contributed by atoms with E-state index in [1.807, 2.05) is 24.3 Å². The van der Waals surface area contributed by atoms with E-state index >= 15 is 0 Å². The molecule has 1 saturated heterocycles. The predicted octanol–water partition coefficient (Wildman–Crippen LogP) is 3.16. The summed E-state index contributed by atoms with van der Waals surface area (Å²) in [6, 6.07) is 11.6. The number of likely N-dealkylation sites (N-methyl/N-ethyl adjacent to an activating group) is 1. The van der Waals surface area contributed by atoms with E-state index in [-0.39, 0.29) is 17.8 Å². The SMILES string of the molecule is CCN1CCN(CC(=O)N2N=C(c3cccc(F)c3)CC2c2ccc(OC)cc2OC)CC1. The van der Waals surface area contributed by atoms with Crippen molar-refractivity contribution in [3.63, 3.8) is 0 Å². The lowest BCUT2D eigenvalue weighted by Gasteiger charge is -2.34. The first-order valence-corrected chi connectivity index (χ1v) is 11.3. The van der Waals surface area contributed by atoms with Gasteiger partial charge in [-0.25, -0.2) is 9.40 Å². The zero-order chi connectivity index (χ0) is 23.4. The topological polar surface area (TPSA) is 57.6 Å². The minimum Gasteiger partial charge on any atom is -0.497 e. The lowest BCUT2D eigenvalue weighted by atomic mass is 9.97. The van der Waals surface area contributed by atoms with Gasteiger partial charge >= 0.3 is 0 Å². The molecule has 7 nitrogen and oxygen atoms in total. The highest BCUT2D eigenvalue weighted by Gasteiger charge is 2.36. The summed E-state index contributed by atoms with van der Waals surface area (Å²) in [4.78, 5) is 18.0. The Balaban J connectivity index is 1.61. The standard InChI is InChI=1S/C25H31FN4O3/c1-4-28-10-12-29(13-11-28)17-25(31)30-23(21-9-8-20(32-2)15-24(21)33-3)16-22(27-30)18-6-5-7-19(26)14-18/h5-9,14-15,23H,4,10-13,16-17H2,1-3H3. The minimum absolute atomic E-state index is 0.0748. The number of hydrogen-bond acceptors (Lipinski definition) is 6. The average Bonchev–Trinajstić information content (AvgIpc) is 3.29. The lowest BCUT2D eigenvalue weighted by Crippen LogP contribution is -2.49. The fraction of sp³-hybridized carbons (Fsp3) is 0.440. The zero-order valence-electron chi connectivity index (χ0n) is 19.5. The number of nitrogens with zero attached hydrogens (tertiary/aromatic N) is 4. The van der Waals surface area contributed by atoms with Crippen molar-refractivity contribution in [3.05, 3.63) is 59.4 Å². The third-order valence-electron chi connectivity index (χ3n) is 6.39. The van der Waals surface area contributed by atoms with Crippen LogP contribution in [0.25, 0.3) is 0 Å². The van der Waals surface area contributed by atoms with E-state index in [1.165, 1.54) is 12.1 Å². The molecule has 1 fully saturated rings. The van der Waals surface area contributed by atoms with Gasteiger partial charge in [0.05, 0.1) is 32.5 Å². The van der Waals surface area contributed by atoms with Crippen LogP contribution in [0.15, 0.2) is 47.6 Å². The molecule has 176 valence electrons. The molecule has 0 saturated carbocycles. The van der Waals surface area contributed by atoms with Crippen molar-refractivity contribution in [2.45, 2.75) is 19.4 Å². The van der Waals surface area contributed by atoms with Crippen LogP contribution in [0.4, 0.5) is 4.39 Å². The molecule has 2 aromatic rings. The number of methoxy groups -OCH3 is 2. The number of piperazine rings is 1. The van der Waals surface area contributed by atoms with Crippen molar-refractivity contribution in [1.29, 1.82) is 0 Å². The second-order valence-corrected chi connectivity index (χ2v) is 8.33. The Kier molecular flexibility index (Phi) is 7.25. The maximum atomic E-state index is 13.9. The number of ether oxygens (including phenoxy) is 2. The average molecular weight is 455 g/mol. The molecule has 33 heavy (non-hydrogen) atoms. The summed E-state index contributed by atoms with van der Waals surface area (Å²) in [5, 5.41) is 6.23. The van der Waals surface area contributed by atoms with Crippen LogP contribution in [0.3, 0.4) is 0 Å². The molecule has 2 heterocycles. The first kappa shape index (κ1) is 23.2. The molecule has 2 aromatic carbocycles. The van der Waals surface area contributed by atoms with E-state index in [1.54, 1.807) is 25.3 Å². The number of benzene rings is 2. The van der Waals surface area contributed by atoms with Crippen LogP contribution in [-0.4, -0.2) is 79.9 Å². The molecule has 1 unspecified atom stereocenters. The Morgan fingerprint density at radius 1 is 1.06 bits per heavy atom. The normalized spacial score (nSPS) is 19.5. The van der Waals surface area contributed by atoms with E-state index < -0.39 is 0 Å². The molecule has 0 spiro atoms. The summed E-state index contributed by atoms with van der Waals surface area (Å²) in [6.07, 6.45) is 0.474. The van der Waals surface area contributed by atoms with Crippen LogP contribution in [0, 0.1) is 5.82 Å². The maximum absolute atomic E-state index is 13.9. The highest BCUT2D eigenvalue weighted by atomic mass is 19.1. The number of carbonyl (C=O) groups is 1. The number of rotatable bonds is 7. The molecule has 0 N–H and O–H groups in total. The highest BCUT2D eigenvalue weighted by Crippen LogP contribution is 2.39. The fourth-order valence-electron chi connectivity index (χ4n) is 4.45. The van der Waals surface area contributed by atoms with Crippen LogP contribution in [0.5, 0.6) is 11.5 Å². The second kappa shape index (κ2) is 10.3. The summed E-state index contributed by atoms with van der Waals surface area (Å²) in [7, 11) is 3.20. The van der Waals surface area contributed by atoms with Gasteiger partial charge in [-0.3, -0.25) is 9.69 Å². The molecular formula is C25H31FN4O3. The van der Waals surface area contributed by atoms with Crippen LogP contribution in [0.1, 0.15) is 30.5 Å². The van der Waals surface area contributed by atoms with Gasteiger partial charge in [-0.15, -0.1) is 0 Å². The number of halogens is 1. The molecule has 8 heteroatoms. The zero-order valence-corrected chi connectivity index (χ0v) is 19.5. The van der Waals surface area contributed by atoms with E-state index in [4.69, 9.17) is 9.47 Å². The van der Waals surface area contributed by atoms with Crippen LogP contribution in [-0.2, 0) is 4.79 Å². The van der Waals surface area contributed by atoms with Crippen molar-refractivity contribution >= 4 is 11.6 Å². The van der Waals surface area contributed by atoms with Gasteiger partial charge in [0.2, 0.25) is 0 Å². The summed E-state index contributed by atoms with van der Waals surface area (Å²) in [6.45, 7) is 7.09. The third kappa shape index (κ3) is 5.17. The van der Waals surface area contributed by atoms with Crippen LogP contribution >= 0.6 is 0 Å². The monoisotopic (exact) mass is 454 g/mol. The van der Waals surface area contributed by atoms with Crippen molar-refractivity contribution in [2.75, 3.05) is 53.5 Å². The van der Waals surface area contributed by atoms with Crippen LogP contribution in [0.2, 0.25) is 0 Å². The first-order valence-electron chi connectivity index (χ1n) is 11.3. The maximum Gasteiger partial charge on any atom is 0.257 e. The molecule has 0 radical (unpaired) electrons. The second-order valence-electron chi connectivity index (χ2n) is 8.33. The van der Waals surface area contributed by atoms with Gasteiger partial charge in [-0.2, -0.15) is 5.10 Å². The Bertz CT molecular complexity index is 1020. The van der Waals surface area contributed by atoms with Crippen molar-refractivity contribution in [1.82, 2.24) is 14.8 Å². The molecule has 1 atom stereocenters. The van der Waals surface area contributed by atoms with Gasteiger partial charge in [0, 0.05) is 49.8 Å². The van der Waals surface area contributed by atoms with Crippen molar-refractivity contribution in [3.8, 4) is 11.5 Å². The molecular weight excluding hydrogens is 423 g/mol. The highest BCUT2D eigenvalue weighted by molar-refractivity contribution is 6.03. The first-order chi connectivity index (χ1) is 16.0. The number of hydrogen-bond donors (Lipinski definition) is 0. The molecule has 0 aromatic heterocycles. The van der Waals surface area contributed by atoms with E-state index in [2.05, 4.69) is 21.8 Å². The smallest absolute Gasteiger partial charge is 0.257 e. The van der Waals surface area contributed by atoms with E-state index in [9.17, 15) is 9.18 Å². The van der Waals surface area contributed by atoms with E-state index in [0.717, 1.165) is 38.3 Å². The van der Waals surface area contributed by atoms with Gasteiger partial charge in [-0.1, -0.05) is 19.1 Å². The largest absolute Gasteiger partial charge is 0.497 e. The van der Waals surface area contributed by atoms with Gasteiger partial charge in [0.15, 0.2) is 0 Å². The molecule has 0 aliphatic carbocycles. The van der Waals surface area contributed by atoms with Gasteiger partial charge in [-0.05, 0) is 30.8 Å². The molecule has 2 aliphatic heterocycles. The molecule has 1 amide bonds. The summed E-state index contributed by atoms with van der Waals surface area (Å²) in [5.74, 6) is 0.900. The van der Waals surface area contributed by atoms with Crippen molar-refractivity contribution < 1.29 is 18.7 Å². The Morgan fingerprint density at radius 2 is 1.82 bits per heavy atom. The summed E-state index contributed by atoms with van der Waals surface area (Å²) in [5.41, 5.74) is 2.21. The number of amides is 1. The van der Waals surface area contributed by atoms with Crippen LogP contribution < -0.4 is 9.47 Å². The Hall–Kier alpha value is -2.97. The minimum atomic E-state index is -0.339. The quantitative estimate of drug-likeness (QED) is 0.643. The lowest BCUT2D eigenvalue weighted by molar-refractivity contribution is -0.134. The summed E-state index contributed by atoms with van der Waals surface area (Å²) >= 11 is 0. The number of hydrazone groups is 1. The molecule has 4 rings (SSSR count). The molecule has 2 aliphatic rings. The van der Waals surface area contributed by atoms with Crippen molar-refractivity contribution in [2.24, 2.45) is 5.10 Å². The van der Waals surface area contributed by atoms with E-state index in [0.29, 0.717) is 35.7 Å². The third-order valence-corrected chi connectivity index (χ3v) is 6.39. The Morgan fingerprint density at radius 3 is 2.48 bits per heavy atom. The predicted molar refractivity (Wildman–Crippen MR) is 125 cm³/mol. The van der Waals surface area contributed by atoms with Gasteiger partial charge < -0.3 is 14.4 Å².